The topological polar surface area (TPSA) is 74.8 Å². The Kier molecular flexibility index (Phi) is 6.08. The highest BCUT2D eigenvalue weighted by atomic mass is 16.1. The smallest absolute Gasteiger partial charge is 0.250 e. The van der Waals surface area contributed by atoms with Gasteiger partial charge < -0.3 is 5.32 Å². The molecule has 1 aromatic heterocycles. The third kappa shape index (κ3) is 4.57. The van der Waals surface area contributed by atoms with Gasteiger partial charge in [0.25, 0.3) is 5.91 Å². The highest BCUT2D eigenvalue weighted by Gasteiger charge is 2.13. The molecule has 158 valence electrons. The molecule has 32 heavy (non-hydrogen) atoms. The molecule has 5 nitrogen and oxygen atoms in total. The summed E-state index contributed by atoms with van der Waals surface area (Å²) in [5.74, 6) is -0.311. The summed E-state index contributed by atoms with van der Waals surface area (Å²) in [6.07, 6.45) is 5.70. The van der Waals surface area contributed by atoms with Crippen LogP contribution in [0.1, 0.15) is 41.0 Å². The first-order chi connectivity index (χ1) is 15.5. The molecular formula is C27H23N3O2. The Hall–Kier alpha value is -4.25. The lowest BCUT2D eigenvalue weighted by molar-refractivity contribution is -0.112. The average Bonchev–Trinajstić information content (AvgIpc) is 3.24. The number of nitrogens with zero attached hydrogens (tertiary/aromatic N) is 1. The van der Waals surface area contributed by atoms with Gasteiger partial charge in [-0.2, -0.15) is 5.10 Å². The summed E-state index contributed by atoms with van der Waals surface area (Å²) in [4.78, 5) is 25.2. The number of aromatic nitrogens is 2. The average molecular weight is 422 g/mol. The van der Waals surface area contributed by atoms with Crippen LogP contribution in [-0.4, -0.2) is 21.9 Å². The van der Waals surface area contributed by atoms with Gasteiger partial charge in [-0.3, -0.25) is 14.7 Å². The summed E-state index contributed by atoms with van der Waals surface area (Å²) < 4.78 is 0. The second-order valence-corrected chi connectivity index (χ2v) is 7.45. The minimum absolute atomic E-state index is 0.123. The Bertz CT molecular complexity index is 1350. The van der Waals surface area contributed by atoms with Crippen LogP contribution in [-0.2, 0) is 4.79 Å². The molecule has 4 aromatic rings. The summed E-state index contributed by atoms with van der Waals surface area (Å²) in [6.45, 7) is 3.55. The fraction of sp³-hybridized carbons (Fsp3) is 0.0741. The Morgan fingerprint density at radius 2 is 1.69 bits per heavy atom. The molecule has 0 fully saturated rings. The second-order valence-electron chi connectivity index (χ2n) is 7.45. The van der Waals surface area contributed by atoms with Crippen molar-refractivity contribution in [3.05, 3.63) is 107 Å². The van der Waals surface area contributed by atoms with Gasteiger partial charge in [-0.05, 0) is 49.8 Å². The molecule has 1 heterocycles. The number of H-pyrrole nitrogens is 1. The standard InChI is InChI=1S/C27H23N3O2/c1-3-18(2)27(32)28-22-11-7-10-20(16-22)26(31)21-13-14-23-24(29-30-25(23)17-21)15-12-19-8-5-4-6-9-19/h3-17H,1-2H3,(H,28,32)(H,29,30)/b15-12+,18-3+. The molecule has 0 saturated heterocycles. The summed E-state index contributed by atoms with van der Waals surface area (Å²) in [6, 6.07) is 22.5. The minimum Gasteiger partial charge on any atom is -0.322 e. The zero-order chi connectivity index (χ0) is 22.5. The number of aromatic amines is 1. The minimum atomic E-state index is -0.188. The number of hydrogen-bond acceptors (Lipinski definition) is 3. The number of hydrogen-bond donors (Lipinski definition) is 2. The maximum atomic E-state index is 13.1. The second kappa shape index (κ2) is 9.27. The third-order valence-electron chi connectivity index (χ3n) is 5.26. The lowest BCUT2D eigenvalue weighted by Crippen LogP contribution is -2.13. The summed E-state index contributed by atoms with van der Waals surface area (Å²) in [5.41, 5.74) is 4.94. The van der Waals surface area contributed by atoms with Crippen molar-refractivity contribution in [3.63, 3.8) is 0 Å². The predicted octanol–water partition coefficient (Wildman–Crippen LogP) is 5.87. The molecular weight excluding hydrogens is 398 g/mol. The van der Waals surface area contributed by atoms with Gasteiger partial charge in [-0.15, -0.1) is 0 Å². The van der Waals surface area contributed by atoms with Gasteiger partial charge >= 0.3 is 0 Å². The zero-order valence-electron chi connectivity index (χ0n) is 17.9. The Morgan fingerprint density at radius 1 is 0.906 bits per heavy atom. The molecule has 0 spiro atoms. The monoisotopic (exact) mass is 421 g/mol. The first-order valence-corrected chi connectivity index (χ1v) is 10.4. The fourth-order valence-corrected chi connectivity index (χ4v) is 3.31. The summed E-state index contributed by atoms with van der Waals surface area (Å²) in [5, 5.41) is 11.1. The van der Waals surface area contributed by atoms with E-state index in [1.165, 1.54) is 0 Å². The number of nitrogens with one attached hydrogen (secondary N) is 2. The van der Waals surface area contributed by atoms with Crippen molar-refractivity contribution in [2.45, 2.75) is 13.8 Å². The van der Waals surface area contributed by atoms with E-state index in [2.05, 4.69) is 15.5 Å². The van der Waals surface area contributed by atoms with Crippen molar-refractivity contribution >= 4 is 40.4 Å². The van der Waals surface area contributed by atoms with Crippen LogP contribution in [0.2, 0.25) is 0 Å². The molecule has 2 N–H and O–H groups in total. The Labute approximate surface area is 186 Å². The van der Waals surface area contributed by atoms with E-state index in [1.807, 2.05) is 55.5 Å². The number of fused-ring (bicyclic) bond motifs is 1. The summed E-state index contributed by atoms with van der Waals surface area (Å²) in [7, 11) is 0. The van der Waals surface area contributed by atoms with Gasteiger partial charge in [0.15, 0.2) is 5.78 Å². The SMILES string of the molecule is C/C=C(\C)C(=O)Nc1cccc(C(=O)c2ccc3c(/C=C/c4ccccc4)n[nH]c3c2)c1. The Morgan fingerprint density at radius 3 is 2.47 bits per heavy atom. The van der Waals surface area contributed by atoms with Gasteiger partial charge in [0.05, 0.1) is 11.2 Å². The van der Waals surface area contributed by atoms with E-state index in [9.17, 15) is 9.59 Å². The molecule has 5 heteroatoms. The maximum Gasteiger partial charge on any atom is 0.250 e. The zero-order valence-corrected chi connectivity index (χ0v) is 17.9. The quantitative estimate of drug-likeness (QED) is 0.302. The predicted molar refractivity (Wildman–Crippen MR) is 129 cm³/mol. The lowest BCUT2D eigenvalue weighted by Gasteiger charge is -2.07. The van der Waals surface area contributed by atoms with E-state index in [0.717, 1.165) is 22.2 Å². The fourth-order valence-electron chi connectivity index (χ4n) is 3.31. The van der Waals surface area contributed by atoms with E-state index in [0.29, 0.717) is 22.4 Å². The molecule has 1 amide bonds. The molecule has 0 bridgehead atoms. The van der Waals surface area contributed by atoms with Crippen molar-refractivity contribution in [2.24, 2.45) is 0 Å². The van der Waals surface area contributed by atoms with Crippen molar-refractivity contribution < 1.29 is 9.59 Å². The number of carbonyl (C=O) groups is 2. The molecule has 0 saturated carbocycles. The third-order valence-corrected chi connectivity index (χ3v) is 5.26. The molecule has 0 radical (unpaired) electrons. The van der Waals surface area contributed by atoms with Crippen LogP contribution in [0, 0.1) is 0 Å². The van der Waals surface area contributed by atoms with Crippen LogP contribution in [0.25, 0.3) is 23.1 Å². The van der Waals surface area contributed by atoms with Crippen LogP contribution < -0.4 is 5.32 Å². The molecule has 0 aliphatic carbocycles. The van der Waals surface area contributed by atoms with Gasteiger partial charge in [0.2, 0.25) is 0 Å². The van der Waals surface area contributed by atoms with Crippen LogP contribution >= 0.6 is 0 Å². The van der Waals surface area contributed by atoms with Crippen molar-refractivity contribution in [2.75, 3.05) is 5.32 Å². The highest BCUT2D eigenvalue weighted by molar-refractivity contribution is 6.12. The number of anilines is 1. The van der Waals surface area contributed by atoms with Gasteiger partial charge in [-0.1, -0.05) is 60.7 Å². The molecule has 0 aliphatic rings. The largest absolute Gasteiger partial charge is 0.322 e. The van der Waals surface area contributed by atoms with Crippen LogP contribution in [0.3, 0.4) is 0 Å². The molecule has 0 atom stereocenters. The first kappa shape index (κ1) is 21.0. The maximum absolute atomic E-state index is 13.1. The number of amides is 1. The van der Waals surface area contributed by atoms with E-state index < -0.39 is 0 Å². The van der Waals surface area contributed by atoms with E-state index >= 15 is 0 Å². The van der Waals surface area contributed by atoms with E-state index in [-0.39, 0.29) is 11.7 Å². The van der Waals surface area contributed by atoms with Gasteiger partial charge in [0, 0.05) is 27.8 Å². The van der Waals surface area contributed by atoms with Crippen LogP contribution in [0.4, 0.5) is 5.69 Å². The van der Waals surface area contributed by atoms with Crippen molar-refractivity contribution in [3.8, 4) is 0 Å². The number of carbonyl (C=O) groups excluding carboxylic acids is 2. The number of ketones is 1. The summed E-state index contributed by atoms with van der Waals surface area (Å²) >= 11 is 0. The van der Waals surface area contributed by atoms with Gasteiger partial charge in [-0.25, -0.2) is 0 Å². The highest BCUT2D eigenvalue weighted by Crippen LogP contribution is 2.22. The molecule has 0 aliphatic heterocycles. The Balaban J connectivity index is 1.56. The lowest BCUT2D eigenvalue weighted by atomic mass is 10.0. The van der Waals surface area contributed by atoms with Crippen molar-refractivity contribution in [1.82, 2.24) is 10.2 Å². The van der Waals surface area contributed by atoms with Crippen molar-refractivity contribution in [1.29, 1.82) is 0 Å². The van der Waals surface area contributed by atoms with Crippen LogP contribution in [0.15, 0.2) is 84.4 Å². The number of benzene rings is 3. The normalized spacial score (nSPS) is 11.8. The molecule has 0 unspecified atom stereocenters. The molecule has 4 rings (SSSR count). The van der Waals surface area contributed by atoms with Gasteiger partial charge in [0.1, 0.15) is 0 Å². The molecule has 3 aromatic carbocycles. The van der Waals surface area contributed by atoms with E-state index in [1.54, 1.807) is 49.4 Å². The number of allylic oxidation sites excluding steroid dienone is 1. The van der Waals surface area contributed by atoms with E-state index in [4.69, 9.17) is 0 Å². The number of rotatable bonds is 6. The first-order valence-electron chi connectivity index (χ1n) is 10.4. The van der Waals surface area contributed by atoms with Crippen LogP contribution in [0.5, 0.6) is 0 Å².